The van der Waals surface area contributed by atoms with Gasteiger partial charge in [0, 0.05) is 45.8 Å². The average Bonchev–Trinajstić information content (AvgIpc) is 2.68. The number of allylic oxidation sites excluding steroid dienone is 1. The van der Waals surface area contributed by atoms with Gasteiger partial charge in [0.2, 0.25) is 0 Å². The number of aliphatic hydroxyl groups is 1. The molecule has 26 heavy (non-hydrogen) atoms. The molecule has 2 aliphatic rings. The molecule has 1 aromatic carbocycles. The van der Waals surface area contributed by atoms with Crippen LogP contribution in [0.5, 0.6) is 5.75 Å². The summed E-state index contributed by atoms with van der Waals surface area (Å²) in [5.74, 6) is 0.979. The third-order valence-corrected chi connectivity index (χ3v) is 5.75. The van der Waals surface area contributed by atoms with Crippen molar-refractivity contribution < 1.29 is 10.2 Å². The first-order valence-electron chi connectivity index (χ1n) is 10.0. The average molecular weight is 360 g/mol. The molecule has 1 aliphatic heterocycles. The molecule has 1 heterocycles. The summed E-state index contributed by atoms with van der Waals surface area (Å²) in [6.45, 7) is 7.52. The molecule has 3 rings (SSSR count). The highest BCUT2D eigenvalue weighted by atomic mass is 16.3. The topological polar surface area (TPSA) is 59.0 Å². The fourth-order valence-corrected chi connectivity index (χ4v) is 4.03. The van der Waals surface area contributed by atoms with Crippen LogP contribution in [0, 0.1) is 0 Å². The van der Waals surface area contributed by atoms with Gasteiger partial charge < -0.3 is 15.5 Å². The second-order valence-corrected chi connectivity index (χ2v) is 7.53. The van der Waals surface area contributed by atoms with E-state index in [0.29, 0.717) is 11.7 Å². The van der Waals surface area contributed by atoms with Gasteiger partial charge >= 0.3 is 0 Å². The van der Waals surface area contributed by atoms with Crippen molar-refractivity contribution in [3.63, 3.8) is 0 Å². The maximum absolute atomic E-state index is 9.42. The van der Waals surface area contributed by atoms with E-state index in [4.69, 9.17) is 5.11 Å². The Labute approximate surface area is 157 Å². The van der Waals surface area contributed by atoms with Crippen LogP contribution in [0.3, 0.4) is 0 Å². The molecule has 0 radical (unpaired) electrons. The quantitative estimate of drug-likeness (QED) is 0.651. The third kappa shape index (κ3) is 5.73. The van der Waals surface area contributed by atoms with E-state index < -0.39 is 0 Å². The van der Waals surface area contributed by atoms with Crippen LogP contribution in [0.4, 0.5) is 0 Å². The zero-order valence-corrected chi connectivity index (χ0v) is 15.7. The molecular weight excluding hydrogens is 326 g/mol. The van der Waals surface area contributed by atoms with Crippen molar-refractivity contribution in [1.82, 2.24) is 15.1 Å². The van der Waals surface area contributed by atoms with Crippen LogP contribution in [0.25, 0.3) is 0 Å². The van der Waals surface area contributed by atoms with E-state index in [-0.39, 0.29) is 6.61 Å². The Bertz CT molecular complexity index is 555. The summed E-state index contributed by atoms with van der Waals surface area (Å²) < 4.78 is 0. The van der Waals surface area contributed by atoms with E-state index in [1.54, 1.807) is 12.1 Å². The van der Waals surface area contributed by atoms with Crippen LogP contribution < -0.4 is 5.32 Å². The smallest absolute Gasteiger partial charge is 0.115 e. The van der Waals surface area contributed by atoms with E-state index >= 15 is 0 Å². The van der Waals surface area contributed by atoms with Crippen LogP contribution in [-0.2, 0) is 0 Å². The number of rotatable bonds is 7. The standard InChI is InChI=1S/C21H33N3O2/c25-16-15-24-13-11-23(12-14-24)10-9-22-17-18-1-3-19(4-2-18)20-5-7-21(26)8-6-20/h5-8,17,19,22,25-26H,1-4,9-16H2. The highest BCUT2D eigenvalue weighted by Crippen LogP contribution is 2.35. The number of aliphatic hydroxyl groups excluding tert-OH is 1. The first-order valence-corrected chi connectivity index (χ1v) is 10.0. The van der Waals surface area contributed by atoms with Gasteiger partial charge in [-0.05, 0) is 55.5 Å². The highest BCUT2D eigenvalue weighted by Gasteiger charge is 2.18. The third-order valence-electron chi connectivity index (χ3n) is 5.75. The molecule has 5 heteroatoms. The van der Waals surface area contributed by atoms with Crippen molar-refractivity contribution in [2.45, 2.75) is 31.6 Å². The summed E-state index contributed by atoms with van der Waals surface area (Å²) in [6.07, 6.45) is 6.97. The van der Waals surface area contributed by atoms with Crippen LogP contribution in [0.15, 0.2) is 36.0 Å². The number of phenolic OH excluding ortho intramolecular Hbond substituents is 1. The van der Waals surface area contributed by atoms with Crippen molar-refractivity contribution in [1.29, 1.82) is 0 Å². The number of phenols is 1. The lowest BCUT2D eigenvalue weighted by Gasteiger charge is -2.34. The van der Waals surface area contributed by atoms with Gasteiger partial charge in [-0.2, -0.15) is 0 Å². The molecule has 2 fully saturated rings. The maximum Gasteiger partial charge on any atom is 0.115 e. The summed E-state index contributed by atoms with van der Waals surface area (Å²) in [6, 6.07) is 7.72. The number of hydrogen-bond acceptors (Lipinski definition) is 5. The lowest BCUT2D eigenvalue weighted by Crippen LogP contribution is -2.48. The van der Waals surface area contributed by atoms with Gasteiger partial charge in [0.1, 0.15) is 5.75 Å². The number of benzene rings is 1. The van der Waals surface area contributed by atoms with Crippen LogP contribution in [-0.4, -0.2) is 72.4 Å². The highest BCUT2D eigenvalue weighted by molar-refractivity contribution is 5.29. The van der Waals surface area contributed by atoms with Crippen molar-refractivity contribution >= 4 is 0 Å². The molecule has 1 saturated heterocycles. The van der Waals surface area contributed by atoms with Crippen molar-refractivity contribution in [2.75, 3.05) is 52.4 Å². The molecule has 0 aromatic heterocycles. The Kier molecular flexibility index (Phi) is 7.35. The lowest BCUT2D eigenvalue weighted by molar-refractivity contribution is 0.114. The molecule has 1 saturated carbocycles. The minimum atomic E-state index is 0.267. The van der Waals surface area contributed by atoms with E-state index in [0.717, 1.165) is 45.8 Å². The summed E-state index contributed by atoms with van der Waals surface area (Å²) in [5, 5.41) is 21.9. The zero-order chi connectivity index (χ0) is 18.2. The maximum atomic E-state index is 9.42. The predicted octanol–water partition coefficient (Wildman–Crippen LogP) is 2.13. The molecule has 5 nitrogen and oxygen atoms in total. The number of nitrogens with one attached hydrogen (secondary N) is 1. The summed E-state index contributed by atoms with van der Waals surface area (Å²) in [5.41, 5.74) is 2.89. The molecule has 0 bridgehead atoms. The molecule has 0 unspecified atom stereocenters. The molecule has 1 aliphatic carbocycles. The SMILES string of the molecule is OCCN1CCN(CCNC=C2CCC(c3ccc(O)cc3)CC2)CC1. The van der Waals surface area contributed by atoms with E-state index in [2.05, 4.69) is 33.4 Å². The number of aromatic hydroxyl groups is 1. The van der Waals surface area contributed by atoms with Gasteiger partial charge in [0.15, 0.2) is 0 Å². The number of piperazine rings is 1. The molecule has 144 valence electrons. The molecule has 3 N–H and O–H groups in total. The van der Waals surface area contributed by atoms with Gasteiger partial charge in [-0.15, -0.1) is 0 Å². The fourth-order valence-electron chi connectivity index (χ4n) is 4.03. The van der Waals surface area contributed by atoms with Crippen molar-refractivity contribution in [3.8, 4) is 5.75 Å². The van der Waals surface area contributed by atoms with Crippen molar-refractivity contribution in [3.05, 3.63) is 41.6 Å². The Balaban J connectivity index is 1.31. The Morgan fingerprint density at radius 3 is 2.19 bits per heavy atom. The van der Waals surface area contributed by atoms with Gasteiger partial charge in [0.25, 0.3) is 0 Å². The van der Waals surface area contributed by atoms with Gasteiger partial charge in [-0.3, -0.25) is 9.80 Å². The van der Waals surface area contributed by atoms with Crippen molar-refractivity contribution in [2.24, 2.45) is 0 Å². The minimum Gasteiger partial charge on any atom is -0.508 e. The van der Waals surface area contributed by atoms with E-state index in [1.807, 2.05) is 0 Å². The minimum absolute atomic E-state index is 0.267. The molecule has 1 aromatic rings. The van der Waals surface area contributed by atoms with E-state index in [1.165, 1.54) is 36.8 Å². The second-order valence-electron chi connectivity index (χ2n) is 7.53. The Morgan fingerprint density at radius 2 is 1.58 bits per heavy atom. The first-order chi connectivity index (χ1) is 12.7. The van der Waals surface area contributed by atoms with Crippen LogP contribution in [0.2, 0.25) is 0 Å². The molecule has 0 atom stereocenters. The van der Waals surface area contributed by atoms with Gasteiger partial charge in [-0.25, -0.2) is 0 Å². The number of β-amino-alcohol motifs (C(OH)–C–C–N with tert-alkyl or cyclic N) is 1. The summed E-state index contributed by atoms with van der Waals surface area (Å²) >= 11 is 0. The Morgan fingerprint density at radius 1 is 0.962 bits per heavy atom. The largest absolute Gasteiger partial charge is 0.508 e. The number of nitrogens with zero attached hydrogens (tertiary/aromatic N) is 2. The zero-order valence-electron chi connectivity index (χ0n) is 15.7. The lowest BCUT2D eigenvalue weighted by atomic mass is 9.82. The first kappa shape index (κ1) is 19.2. The summed E-state index contributed by atoms with van der Waals surface area (Å²) in [7, 11) is 0. The van der Waals surface area contributed by atoms with Gasteiger partial charge in [0.05, 0.1) is 6.61 Å². The monoisotopic (exact) mass is 359 g/mol. The Hall–Kier alpha value is -1.56. The van der Waals surface area contributed by atoms with Gasteiger partial charge in [-0.1, -0.05) is 17.7 Å². The molecule has 0 spiro atoms. The normalized spacial score (nSPS) is 22.3. The van der Waals surface area contributed by atoms with E-state index in [9.17, 15) is 5.11 Å². The molecule has 0 amide bonds. The number of hydrogen-bond donors (Lipinski definition) is 3. The summed E-state index contributed by atoms with van der Waals surface area (Å²) in [4.78, 5) is 4.83. The second kappa shape index (κ2) is 9.95. The van der Waals surface area contributed by atoms with Crippen LogP contribution >= 0.6 is 0 Å². The van der Waals surface area contributed by atoms with Crippen LogP contribution in [0.1, 0.15) is 37.2 Å². The predicted molar refractivity (Wildman–Crippen MR) is 105 cm³/mol. The fraction of sp³-hybridized carbons (Fsp3) is 0.619. The molecular formula is C21H33N3O2.